The Hall–Kier alpha value is -3.25. The van der Waals surface area contributed by atoms with E-state index in [9.17, 15) is 14.4 Å². The summed E-state index contributed by atoms with van der Waals surface area (Å²) in [5.74, 6) is -0.800. The van der Waals surface area contributed by atoms with Crippen LogP contribution in [0.4, 0.5) is 5.69 Å². The first kappa shape index (κ1) is 19.1. The molecule has 2 heterocycles. The fraction of sp³-hybridized carbons (Fsp3) is 0.174. The normalized spacial score (nSPS) is 12.8. The van der Waals surface area contributed by atoms with Crippen molar-refractivity contribution in [3.8, 4) is 11.1 Å². The minimum absolute atomic E-state index is 0.0224. The molecule has 0 unspecified atom stereocenters. The highest BCUT2D eigenvalue weighted by Gasteiger charge is 2.20. The molecular weight excluding hydrogens is 386 g/mol. The van der Waals surface area contributed by atoms with Gasteiger partial charge in [-0.3, -0.25) is 9.59 Å². The zero-order valence-corrected chi connectivity index (χ0v) is 16.7. The number of hydrogen-bond donors (Lipinski definition) is 1. The number of aryl methyl sites for hydroxylation is 2. The van der Waals surface area contributed by atoms with Crippen LogP contribution in [-0.4, -0.2) is 24.3 Å². The molecule has 0 saturated heterocycles. The Labute approximate surface area is 172 Å². The highest BCUT2D eigenvalue weighted by Crippen LogP contribution is 2.29. The zero-order chi connectivity index (χ0) is 20.4. The lowest BCUT2D eigenvalue weighted by molar-refractivity contribution is -0.116. The van der Waals surface area contributed by atoms with Gasteiger partial charge < -0.3 is 10.1 Å². The van der Waals surface area contributed by atoms with E-state index in [1.54, 1.807) is 18.2 Å². The lowest BCUT2D eigenvalue weighted by atomic mass is 9.99. The molecule has 1 aliphatic rings. The predicted octanol–water partition coefficient (Wildman–Crippen LogP) is 4.65. The Morgan fingerprint density at radius 2 is 1.86 bits per heavy atom. The number of esters is 1. The molecule has 1 aliphatic heterocycles. The number of ether oxygens (including phenoxy) is 1. The second kappa shape index (κ2) is 8.01. The smallest absolute Gasteiger partial charge is 0.349 e. The Balaban J connectivity index is 1.44. The van der Waals surface area contributed by atoms with Gasteiger partial charge in [0.1, 0.15) is 4.88 Å². The van der Waals surface area contributed by atoms with Crippen LogP contribution in [0.5, 0.6) is 0 Å². The Morgan fingerprint density at radius 1 is 1.07 bits per heavy atom. The van der Waals surface area contributed by atoms with E-state index >= 15 is 0 Å². The molecule has 29 heavy (non-hydrogen) atoms. The molecule has 3 aromatic rings. The Morgan fingerprint density at radius 3 is 2.66 bits per heavy atom. The Kier molecular flexibility index (Phi) is 5.27. The first-order valence-corrected chi connectivity index (χ1v) is 10.2. The van der Waals surface area contributed by atoms with Crippen molar-refractivity contribution in [1.29, 1.82) is 0 Å². The van der Waals surface area contributed by atoms with E-state index in [2.05, 4.69) is 5.32 Å². The first-order chi connectivity index (χ1) is 14.0. The largest absolute Gasteiger partial charge is 0.453 e. The third-order valence-electron chi connectivity index (χ3n) is 4.87. The molecule has 0 radical (unpaired) electrons. The van der Waals surface area contributed by atoms with Crippen LogP contribution in [0.25, 0.3) is 11.1 Å². The highest BCUT2D eigenvalue weighted by atomic mass is 32.1. The van der Waals surface area contributed by atoms with Crippen molar-refractivity contribution in [2.24, 2.45) is 0 Å². The van der Waals surface area contributed by atoms with E-state index in [1.165, 1.54) is 11.3 Å². The summed E-state index contributed by atoms with van der Waals surface area (Å²) in [5.41, 5.74) is 5.00. The van der Waals surface area contributed by atoms with Crippen molar-refractivity contribution in [2.75, 3.05) is 11.9 Å². The van der Waals surface area contributed by atoms with Crippen molar-refractivity contribution < 1.29 is 19.1 Å². The molecule has 2 aromatic carbocycles. The molecular formula is C23H19NO4S. The van der Waals surface area contributed by atoms with E-state index in [4.69, 9.17) is 4.74 Å². The van der Waals surface area contributed by atoms with Gasteiger partial charge in [0.2, 0.25) is 5.91 Å². The van der Waals surface area contributed by atoms with Gasteiger partial charge in [-0.15, -0.1) is 11.3 Å². The zero-order valence-electron chi connectivity index (χ0n) is 15.9. The molecule has 0 aliphatic carbocycles. The molecule has 1 aromatic heterocycles. The van der Waals surface area contributed by atoms with Crippen LogP contribution in [0.1, 0.15) is 37.6 Å². The number of Topliss-reactive ketones (excluding diaryl/α,β-unsaturated/α-hetero) is 1. The molecule has 0 fully saturated rings. The second-order valence-electron chi connectivity index (χ2n) is 6.95. The van der Waals surface area contributed by atoms with Crippen LogP contribution in [0.15, 0.2) is 53.9 Å². The van der Waals surface area contributed by atoms with Gasteiger partial charge in [0, 0.05) is 23.2 Å². The number of amides is 1. The van der Waals surface area contributed by atoms with Crippen molar-refractivity contribution in [2.45, 2.75) is 19.8 Å². The van der Waals surface area contributed by atoms with E-state index in [-0.39, 0.29) is 18.3 Å². The van der Waals surface area contributed by atoms with Crippen LogP contribution in [-0.2, 0) is 16.0 Å². The van der Waals surface area contributed by atoms with Gasteiger partial charge in [-0.05, 0) is 54.1 Å². The van der Waals surface area contributed by atoms with Gasteiger partial charge in [-0.1, -0.05) is 29.8 Å². The molecule has 0 bridgehead atoms. The van der Waals surface area contributed by atoms with Gasteiger partial charge in [-0.2, -0.15) is 0 Å². The van der Waals surface area contributed by atoms with Gasteiger partial charge in [-0.25, -0.2) is 4.79 Å². The molecule has 146 valence electrons. The van der Waals surface area contributed by atoms with E-state index in [1.807, 2.05) is 42.6 Å². The third-order valence-corrected chi connectivity index (χ3v) is 5.76. The maximum Gasteiger partial charge on any atom is 0.349 e. The number of nitrogens with one attached hydrogen (secondary N) is 1. The minimum Gasteiger partial charge on any atom is -0.453 e. The number of hydrogen-bond acceptors (Lipinski definition) is 5. The number of thiophene rings is 1. The van der Waals surface area contributed by atoms with Gasteiger partial charge in [0.15, 0.2) is 12.4 Å². The summed E-state index contributed by atoms with van der Waals surface area (Å²) in [4.78, 5) is 37.0. The summed E-state index contributed by atoms with van der Waals surface area (Å²) in [6.07, 6.45) is 0.997. The number of benzene rings is 2. The monoisotopic (exact) mass is 405 g/mol. The third kappa shape index (κ3) is 4.12. The number of ketones is 1. The number of carbonyl (C=O) groups excluding carboxylic acids is 3. The summed E-state index contributed by atoms with van der Waals surface area (Å²) in [7, 11) is 0. The molecule has 5 nitrogen and oxygen atoms in total. The summed E-state index contributed by atoms with van der Waals surface area (Å²) in [6, 6.07) is 14.9. The van der Waals surface area contributed by atoms with E-state index in [0.29, 0.717) is 23.3 Å². The van der Waals surface area contributed by atoms with Gasteiger partial charge in [0.25, 0.3) is 0 Å². The lowest BCUT2D eigenvalue weighted by Crippen LogP contribution is -2.20. The van der Waals surface area contributed by atoms with Gasteiger partial charge >= 0.3 is 5.97 Å². The maximum absolute atomic E-state index is 12.6. The molecule has 6 heteroatoms. The average molecular weight is 405 g/mol. The summed E-state index contributed by atoms with van der Waals surface area (Å²) >= 11 is 1.30. The summed E-state index contributed by atoms with van der Waals surface area (Å²) in [5, 5.41) is 4.62. The van der Waals surface area contributed by atoms with Crippen molar-refractivity contribution in [3.63, 3.8) is 0 Å². The standard InChI is InChI=1S/C23H19NO4S/c1-14-2-4-15(5-3-14)18-10-11-29-22(18)23(27)28-13-20(25)17-6-8-19-16(12-17)7-9-21(26)24-19/h2-6,8,10-12H,7,9,13H2,1H3,(H,24,26). The van der Waals surface area contributed by atoms with Gasteiger partial charge in [0.05, 0.1) is 0 Å². The topological polar surface area (TPSA) is 72.5 Å². The van der Waals surface area contributed by atoms with Crippen molar-refractivity contribution in [3.05, 3.63) is 75.5 Å². The fourth-order valence-corrected chi connectivity index (χ4v) is 4.07. The second-order valence-corrected chi connectivity index (χ2v) is 7.86. The summed E-state index contributed by atoms with van der Waals surface area (Å²) < 4.78 is 5.30. The van der Waals surface area contributed by atoms with E-state index in [0.717, 1.165) is 27.9 Å². The van der Waals surface area contributed by atoms with Crippen LogP contribution in [0, 0.1) is 6.92 Å². The SMILES string of the molecule is Cc1ccc(-c2ccsc2C(=O)OCC(=O)c2ccc3c(c2)CCC(=O)N3)cc1. The van der Waals surface area contributed by atoms with Crippen LogP contribution in [0.2, 0.25) is 0 Å². The summed E-state index contributed by atoms with van der Waals surface area (Å²) in [6.45, 7) is 1.68. The molecule has 1 N–H and O–H groups in total. The molecule has 1 amide bonds. The molecule has 0 atom stereocenters. The molecule has 0 saturated carbocycles. The number of carbonyl (C=O) groups is 3. The average Bonchev–Trinajstić information content (AvgIpc) is 3.22. The van der Waals surface area contributed by atoms with Crippen molar-refractivity contribution >= 4 is 34.7 Å². The number of fused-ring (bicyclic) bond motifs is 1. The molecule has 4 rings (SSSR count). The quantitative estimate of drug-likeness (QED) is 0.495. The minimum atomic E-state index is -0.505. The molecule has 0 spiro atoms. The highest BCUT2D eigenvalue weighted by molar-refractivity contribution is 7.12. The number of anilines is 1. The van der Waals surface area contributed by atoms with Crippen molar-refractivity contribution in [1.82, 2.24) is 0 Å². The first-order valence-electron chi connectivity index (χ1n) is 9.29. The van der Waals surface area contributed by atoms with Crippen LogP contribution in [0.3, 0.4) is 0 Å². The Bertz CT molecular complexity index is 1100. The maximum atomic E-state index is 12.6. The van der Waals surface area contributed by atoms with Crippen LogP contribution < -0.4 is 5.32 Å². The van der Waals surface area contributed by atoms with Crippen LogP contribution >= 0.6 is 11.3 Å². The lowest BCUT2D eigenvalue weighted by Gasteiger charge is -2.17. The van der Waals surface area contributed by atoms with E-state index < -0.39 is 5.97 Å². The predicted molar refractivity (Wildman–Crippen MR) is 112 cm³/mol. The number of rotatable bonds is 5. The fourth-order valence-electron chi connectivity index (χ4n) is 3.26.